The Morgan fingerprint density at radius 2 is 1.75 bits per heavy atom. The molecular weight excluding hydrogens is 352 g/mol. The van der Waals surface area contributed by atoms with E-state index < -0.39 is 0 Å². The maximum Gasteiger partial charge on any atom is 0.206 e. The smallest absolute Gasteiger partial charge is 0.206 e. The molecule has 7 heteroatoms. The van der Waals surface area contributed by atoms with Gasteiger partial charge in [0, 0.05) is 24.2 Å². The zero-order valence-corrected chi connectivity index (χ0v) is 14.9. The van der Waals surface area contributed by atoms with E-state index in [1.165, 1.54) is 6.33 Å². The van der Waals surface area contributed by atoms with Gasteiger partial charge in [-0.05, 0) is 23.8 Å². The molecule has 0 unspecified atom stereocenters. The molecule has 0 radical (unpaired) electrons. The van der Waals surface area contributed by atoms with Crippen molar-refractivity contribution in [2.24, 2.45) is 0 Å². The molecule has 1 aromatic carbocycles. The molecule has 0 aliphatic rings. The number of rotatable bonds is 4. The molecule has 0 saturated heterocycles. The number of aromatic nitrogens is 5. The van der Waals surface area contributed by atoms with Gasteiger partial charge in [-0.15, -0.1) is 0 Å². The van der Waals surface area contributed by atoms with Crippen molar-refractivity contribution in [1.82, 2.24) is 24.3 Å². The highest BCUT2D eigenvalue weighted by Crippen LogP contribution is 2.39. The van der Waals surface area contributed by atoms with Crippen LogP contribution >= 0.6 is 0 Å². The second kappa shape index (κ2) is 6.62. The molecule has 0 amide bonds. The van der Waals surface area contributed by atoms with Crippen LogP contribution in [0, 0.1) is 0 Å². The van der Waals surface area contributed by atoms with Gasteiger partial charge in [0.1, 0.15) is 18.7 Å². The normalized spacial score (nSPS) is 11.1. The van der Waals surface area contributed by atoms with Crippen LogP contribution in [0.15, 0.2) is 73.4 Å². The summed E-state index contributed by atoms with van der Waals surface area (Å²) in [5.41, 5.74) is 10.5. The Kier molecular flexibility index (Phi) is 3.83. The summed E-state index contributed by atoms with van der Waals surface area (Å²) in [5, 5.41) is 0.844. The van der Waals surface area contributed by atoms with Gasteiger partial charge >= 0.3 is 0 Å². The number of pyridine rings is 1. The first-order valence-corrected chi connectivity index (χ1v) is 8.79. The van der Waals surface area contributed by atoms with Crippen molar-refractivity contribution in [2.75, 3.05) is 5.73 Å². The van der Waals surface area contributed by atoms with Crippen LogP contribution in [-0.4, -0.2) is 24.3 Å². The minimum atomic E-state index is 0.357. The zero-order valence-electron chi connectivity index (χ0n) is 14.9. The molecule has 0 atom stereocenters. The highest BCUT2D eigenvalue weighted by Gasteiger charge is 2.21. The van der Waals surface area contributed by atoms with E-state index in [9.17, 15) is 0 Å². The summed E-state index contributed by atoms with van der Waals surface area (Å²) in [4.78, 5) is 17.2. The Morgan fingerprint density at radius 1 is 0.893 bits per heavy atom. The maximum absolute atomic E-state index is 6.18. The number of benzene rings is 1. The molecule has 7 nitrogen and oxygen atoms in total. The molecule has 4 heterocycles. The van der Waals surface area contributed by atoms with Gasteiger partial charge in [0.15, 0.2) is 5.65 Å². The molecule has 28 heavy (non-hydrogen) atoms. The van der Waals surface area contributed by atoms with Gasteiger partial charge in [-0.3, -0.25) is 4.40 Å². The monoisotopic (exact) mass is 368 g/mol. The van der Waals surface area contributed by atoms with Gasteiger partial charge in [-0.25, -0.2) is 19.9 Å². The van der Waals surface area contributed by atoms with Crippen molar-refractivity contribution in [1.29, 1.82) is 0 Å². The van der Waals surface area contributed by atoms with E-state index in [0.29, 0.717) is 24.0 Å². The fourth-order valence-electron chi connectivity index (χ4n) is 3.38. The Hall–Kier alpha value is -4.00. The quantitative estimate of drug-likeness (QED) is 0.522. The second-order valence-electron chi connectivity index (χ2n) is 6.28. The second-order valence-corrected chi connectivity index (χ2v) is 6.28. The third-order valence-corrected chi connectivity index (χ3v) is 4.60. The van der Waals surface area contributed by atoms with E-state index in [1.807, 2.05) is 52.9 Å². The number of fused-ring (bicyclic) bond motifs is 3. The SMILES string of the molecule is Nc1nccc2c(-c3ccncn3)c3c(OCc4ccccc4)ccnc3n12. The van der Waals surface area contributed by atoms with Gasteiger partial charge < -0.3 is 10.5 Å². The summed E-state index contributed by atoms with van der Waals surface area (Å²) >= 11 is 0. The summed E-state index contributed by atoms with van der Waals surface area (Å²) in [7, 11) is 0. The molecule has 4 aromatic heterocycles. The molecule has 0 fully saturated rings. The molecule has 0 aliphatic heterocycles. The Balaban J connectivity index is 1.76. The van der Waals surface area contributed by atoms with Crippen LogP contribution in [0.3, 0.4) is 0 Å². The summed E-state index contributed by atoms with van der Waals surface area (Å²) in [6.07, 6.45) is 6.63. The lowest BCUT2D eigenvalue weighted by Gasteiger charge is -2.09. The van der Waals surface area contributed by atoms with Crippen LogP contribution < -0.4 is 10.5 Å². The molecule has 0 bridgehead atoms. The van der Waals surface area contributed by atoms with Crippen molar-refractivity contribution in [3.05, 3.63) is 79.0 Å². The molecule has 2 N–H and O–H groups in total. The lowest BCUT2D eigenvalue weighted by atomic mass is 10.1. The van der Waals surface area contributed by atoms with Crippen LogP contribution in [-0.2, 0) is 6.61 Å². The number of nitrogens with two attached hydrogens (primary N) is 1. The van der Waals surface area contributed by atoms with Gasteiger partial charge in [-0.1, -0.05) is 30.3 Å². The third kappa shape index (κ3) is 2.61. The molecule has 136 valence electrons. The minimum absolute atomic E-state index is 0.357. The van der Waals surface area contributed by atoms with Crippen LogP contribution in [0.4, 0.5) is 5.95 Å². The van der Waals surface area contributed by atoms with E-state index in [4.69, 9.17) is 10.5 Å². The van der Waals surface area contributed by atoms with E-state index in [1.54, 1.807) is 18.6 Å². The fraction of sp³-hybridized carbons (Fsp3) is 0.0476. The van der Waals surface area contributed by atoms with Gasteiger partial charge in [0.2, 0.25) is 5.95 Å². The largest absolute Gasteiger partial charge is 0.488 e. The molecule has 0 spiro atoms. The Labute approximate surface area is 160 Å². The Bertz CT molecular complexity index is 1270. The standard InChI is InChI=1S/C21H16N6O/c22-21-25-10-7-16-18(15-6-9-23-13-26-15)19-17(8-11-24-20(19)27(16)21)28-12-14-4-2-1-3-5-14/h1-11,13H,12H2,(H2,22,25). The third-order valence-electron chi connectivity index (χ3n) is 4.60. The topological polar surface area (TPSA) is 91.2 Å². The maximum atomic E-state index is 6.18. The predicted octanol–water partition coefficient (Wildman–Crippen LogP) is 3.50. The van der Waals surface area contributed by atoms with Gasteiger partial charge in [0.05, 0.1) is 16.6 Å². The van der Waals surface area contributed by atoms with Gasteiger partial charge in [0.25, 0.3) is 0 Å². The molecule has 0 aliphatic carbocycles. The number of hydrogen-bond donors (Lipinski definition) is 1. The van der Waals surface area contributed by atoms with E-state index in [0.717, 1.165) is 27.7 Å². The number of anilines is 1. The highest BCUT2D eigenvalue weighted by molar-refractivity contribution is 6.07. The number of hydrogen-bond acceptors (Lipinski definition) is 6. The van der Waals surface area contributed by atoms with Crippen LogP contribution in [0.2, 0.25) is 0 Å². The molecular formula is C21H16N6O. The predicted molar refractivity (Wildman–Crippen MR) is 107 cm³/mol. The Morgan fingerprint density at radius 3 is 2.57 bits per heavy atom. The first kappa shape index (κ1) is 16.2. The van der Waals surface area contributed by atoms with Crippen LogP contribution in [0.1, 0.15) is 5.56 Å². The first-order valence-electron chi connectivity index (χ1n) is 8.79. The van der Waals surface area contributed by atoms with Crippen LogP contribution in [0.5, 0.6) is 5.75 Å². The van der Waals surface area contributed by atoms with Gasteiger partial charge in [-0.2, -0.15) is 0 Å². The lowest BCUT2D eigenvalue weighted by molar-refractivity contribution is 0.310. The summed E-state index contributed by atoms with van der Waals surface area (Å²) in [6, 6.07) is 15.6. The molecule has 0 saturated carbocycles. The van der Waals surface area contributed by atoms with E-state index in [-0.39, 0.29) is 0 Å². The highest BCUT2D eigenvalue weighted by atomic mass is 16.5. The molecule has 5 rings (SSSR count). The van der Waals surface area contributed by atoms with E-state index in [2.05, 4.69) is 19.9 Å². The minimum Gasteiger partial charge on any atom is -0.488 e. The van der Waals surface area contributed by atoms with Crippen molar-refractivity contribution in [3.63, 3.8) is 0 Å². The number of ether oxygens (including phenoxy) is 1. The van der Waals surface area contributed by atoms with Crippen molar-refractivity contribution >= 4 is 22.5 Å². The number of nitrogens with zero attached hydrogens (tertiary/aromatic N) is 5. The van der Waals surface area contributed by atoms with Crippen molar-refractivity contribution in [2.45, 2.75) is 6.61 Å². The first-order chi connectivity index (χ1) is 13.8. The average Bonchev–Trinajstić information content (AvgIpc) is 3.10. The summed E-state index contributed by atoms with van der Waals surface area (Å²) in [5.74, 6) is 1.07. The number of nitrogen functional groups attached to an aromatic ring is 1. The lowest BCUT2D eigenvalue weighted by Crippen LogP contribution is -2.00. The fourth-order valence-corrected chi connectivity index (χ4v) is 3.38. The van der Waals surface area contributed by atoms with Crippen molar-refractivity contribution in [3.8, 4) is 17.0 Å². The molecule has 5 aromatic rings. The van der Waals surface area contributed by atoms with Crippen LogP contribution in [0.25, 0.3) is 27.8 Å². The summed E-state index contributed by atoms with van der Waals surface area (Å²) < 4.78 is 8.00. The van der Waals surface area contributed by atoms with Crippen molar-refractivity contribution < 1.29 is 4.74 Å². The average molecular weight is 368 g/mol. The van der Waals surface area contributed by atoms with E-state index >= 15 is 0 Å². The zero-order chi connectivity index (χ0) is 18.9. The summed E-state index contributed by atoms with van der Waals surface area (Å²) in [6.45, 7) is 0.448.